The Morgan fingerprint density at radius 3 is 2.44 bits per heavy atom. The molecule has 8 nitrogen and oxygen atoms in total. The molecule has 0 aliphatic carbocycles. The molecule has 8 heteroatoms. The molecule has 0 bridgehead atoms. The van der Waals surface area contributed by atoms with Crippen LogP contribution < -0.4 is 0 Å². The van der Waals surface area contributed by atoms with Crippen molar-refractivity contribution in [1.29, 1.82) is 0 Å². The lowest BCUT2D eigenvalue weighted by Crippen LogP contribution is -2.37. The Morgan fingerprint density at radius 1 is 1.38 bits per heavy atom. The smallest absolute Gasteiger partial charge is 0.230 e. The summed E-state index contributed by atoms with van der Waals surface area (Å²) in [7, 11) is 1.64. The average molecular weight is 229 g/mol. The third-order valence-electron chi connectivity index (χ3n) is 2.11. The van der Waals surface area contributed by atoms with E-state index in [9.17, 15) is 4.79 Å². The van der Waals surface area contributed by atoms with Gasteiger partial charge in [-0.05, 0) is 10.4 Å². The van der Waals surface area contributed by atoms with Crippen LogP contribution in [0.25, 0.3) is 0 Å². The molecule has 1 aromatic heterocycles. The lowest BCUT2D eigenvalue weighted by atomic mass is 10.3. The van der Waals surface area contributed by atoms with Crippen molar-refractivity contribution in [2.45, 2.75) is 6.42 Å². The summed E-state index contributed by atoms with van der Waals surface area (Å²) in [4.78, 5) is 13.1. The van der Waals surface area contributed by atoms with Crippen molar-refractivity contribution in [3.8, 4) is 0 Å². The van der Waals surface area contributed by atoms with Crippen molar-refractivity contribution in [2.24, 2.45) is 7.05 Å². The first-order valence-corrected chi connectivity index (χ1v) is 4.89. The zero-order valence-corrected chi connectivity index (χ0v) is 9.07. The standard InChI is InChI=1S/C8H15N5O3/c1-12-7(9-10-11-12)6-8(16)13(2-4-14)3-5-15/h14-15H,2-6H2,1H3. The first kappa shape index (κ1) is 12.5. The molecule has 0 fully saturated rings. The second-order valence-corrected chi connectivity index (χ2v) is 3.22. The van der Waals surface area contributed by atoms with E-state index in [1.54, 1.807) is 7.05 Å². The van der Waals surface area contributed by atoms with Crippen LogP contribution in [-0.2, 0) is 18.3 Å². The molecular weight excluding hydrogens is 214 g/mol. The number of hydrogen-bond donors (Lipinski definition) is 2. The SMILES string of the molecule is Cn1nnnc1CC(=O)N(CCO)CCO. The van der Waals surface area contributed by atoms with Crippen LogP contribution in [0.15, 0.2) is 0 Å². The quantitative estimate of drug-likeness (QED) is 0.562. The van der Waals surface area contributed by atoms with Crippen LogP contribution in [-0.4, -0.2) is 67.5 Å². The van der Waals surface area contributed by atoms with Crippen molar-refractivity contribution in [3.63, 3.8) is 0 Å². The fraction of sp³-hybridized carbons (Fsp3) is 0.750. The molecule has 0 saturated carbocycles. The molecule has 1 heterocycles. The van der Waals surface area contributed by atoms with Gasteiger partial charge in [-0.15, -0.1) is 5.10 Å². The number of aromatic nitrogens is 4. The number of carbonyl (C=O) groups is 1. The van der Waals surface area contributed by atoms with E-state index < -0.39 is 0 Å². The van der Waals surface area contributed by atoms with Crippen LogP contribution in [0.1, 0.15) is 5.82 Å². The van der Waals surface area contributed by atoms with Gasteiger partial charge in [0, 0.05) is 20.1 Å². The molecule has 0 radical (unpaired) electrons. The fourth-order valence-electron chi connectivity index (χ4n) is 1.25. The van der Waals surface area contributed by atoms with E-state index >= 15 is 0 Å². The molecule has 2 N–H and O–H groups in total. The Morgan fingerprint density at radius 2 is 2.00 bits per heavy atom. The predicted octanol–water partition coefficient (Wildman–Crippen LogP) is -2.43. The summed E-state index contributed by atoms with van der Waals surface area (Å²) in [5.41, 5.74) is 0. The van der Waals surface area contributed by atoms with Gasteiger partial charge >= 0.3 is 0 Å². The molecule has 0 spiro atoms. The minimum atomic E-state index is -0.221. The normalized spacial score (nSPS) is 10.4. The fourth-order valence-corrected chi connectivity index (χ4v) is 1.25. The monoisotopic (exact) mass is 229 g/mol. The number of tetrazole rings is 1. The third-order valence-corrected chi connectivity index (χ3v) is 2.11. The third kappa shape index (κ3) is 3.24. The molecule has 16 heavy (non-hydrogen) atoms. The van der Waals surface area contributed by atoms with Gasteiger partial charge in [0.05, 0.1) is 19.6 Å². The molecular formula is C8H15N5O3. The maximum Gasteiger partial charge on any atom is 0.230 e. The molecule has 1 rings (SSSR count). The Kier molecular flexibility index (Phi) is 4.80. The van der Waals surface area contributed by atoms with Gasteiger partial charge in [0.1, 0.15) is 0 Å². The van der Waals surface area contributed by atoms with Crippen LogP contribution in [0, 0.1) is 0 Å². The maximum atomic E-state index is 11.7. The summed E-state index contributed by atoms with van der Waals surface area (Å²) in [6.07, 6.45) is 0.0590. The van der Waals surface area contributed by atoms with Gasteiger partial charge in [0.25, 0.3) is 0 Å². The zero-order chi connectivity index (χ0) is 12.0. The summed E-state index contributed by atoms with van der Waals surface area (Å²) >= 11 is 0. The number of amides is 1. The van der Waals surface area contributed by atoms with Crippen LogP contribution >= 0.6 is 0 Å². The highest BCUT2D eigenvalue weighted by Crippen LogP contribution is 1.97. The number of aliphatic hydroxyl groups excluding tert-OH is 2. The summed E-state index contributed by atoms with van der Waals surface area (Å²) in [5.74, 6) is 0.229. The van der Waals surface area contributed by atoms with Gasteiger partial charge in [0.2, 0.25) is 5.91 Å². The summed E-state index contributed by atoms with van der Waals surface area (Å²) in [6.45, 7) is 0.126. The number of aryl methyl sites for hydroxylation is 1. The average Bonchev–Trinajstić information content (AvgIpc) is 2.64. The highest BCUT2D eigenvalue weighted by molar-refractivity contribution is 5.77. The van der Waals surface area contributed by atoms with Crippen molar-refractivity contribution in [3.05, 3.63) is 5.82 Å². The van der Waals surface area contributed by atoms with Gasteiger partial charge in [-0.25, -0.2) is 4.68 Å². The van der Waals surface area contributed by atoms with E-state index in [4.69, 9.17) is 10.2 Å². The van der Waals surface area contributed by atoms with Crippen molar-refractivity contribution >= 4 is 5.91 Å². The first-order valence-electron chi connectivity index (χ1n) is 4.89. The molecule has 0 aromatic carbocycles. The van der Waals surface area contributed by atoms with Gasteiger partial charge in [-0.1, -0.05) is 0 Å². The number of hydrogen-bond acceptors (Lipinski definition) is 6. The van der Waals surface area contributed by atoms with Crippen LogP contribution in [0.5, 0.6) is 0 Å². The molecule has 0 unspecified atom stereocenters. The number of nitrogens with zero attached hydrogens (tertiary/aromatic N) is 5. The van der Waals surface area contributed by atoms with Gasteiger partial charge in [0.15, 0.2) is 5.82 Å². The number of aliphatic hydroxyl groups is 2. The Labute approximate surface area is 92.5 Å². The van der Waals surface area contributed by atoms with Crippen molar-refractivity contribution in [1.82, 2.24) is 25.1 Å². The van der Waals surface area contributed by atoms with Crippen LogP contribution in [0.2, 0.25) is 0 Å². The molecule has 90 valence electrons. The molecule has 0 aliphatic heterocycles. The van der Waals surface area contributed by atoms with E-state index in [0.29, 0.717) is 5.82 Å². The van der Waals surface area contributed by atoms with Crippen molar-refractivity contribution in [2.75, 3.05) is 26.3 Å². The largest absolute Gasteiger partial charge is 0.395 e. The molecule has 1 amide bonds. The van der Waals surface area contributed by atoms with Crippen LogP contribution in [0.4, 0.5) is 0 Å². The molecule has 0 aliphatic rings. The van der Waals surface area contributed by atoms with E-state index in [2.05, 4.69) is 15.5 Å². The Bertz CT molecular complexity index is 334. The molecule has 0 atom stereocenters. The minimum absolute atomic E-state index is 0.0590. The second kappa shape index (κ2) is 6.13. The predicted molar refractivity (Wildman–Crippen MR) is 53.3 cm³/mol. The highest BCUT2D eigenvalue weighted by Gasteiger charge is 2.15. The molecule has 1 aromatic rings. The van der Waals surface area contributed by atoms with E-state index in [1.165, 1.54) is 9.58 Å². The van der Waals surface area contributed by atoms with Crippen molar-refractivity contribution < 1.29 is 15.0 Å². The van der Waals surface area contributed by atoms with Gasteiger partial charge in [-0.2, -0.15) is 0 Å². The minimum Gasteiger partial charge on any atom is -0.395 e. The maximum absolute atomic E-state index is 11.7. The summed E-state index contributed by atoms with van der Waals surface area (Å²) < 4.78 is 1.41. The zero-order valence-electron chi connectivity index (χ0n) is 9.07. The topological polar surface area (TPSA) is 104 Å². The number of rotatable bonds is 6. The van der Waals surface area contributed by atoms with E-state index in [1.807, 2.05) is 0 Å². The lowest BCUT2D eigenvalue weighted by molar-refractivity contribution is -0.131. The second-order valence-electron chi connectivity index (χ2n) is 3.22. The first-order chi connectivity index (χ1) is 7.69. The number of carbonyl (C=O) groups excluding carboxylic acids is 1. The Hall–Kier alpha value is -1.54. The Balaban J connectivity index is 2.58. The van der Waals surface area contributed by atoms with E-state index in [0.717, 1.165) is 0 Å². The highest BCUT2D eigenvalue weighted by atomic mass is 16.3. The summed E-state index contributed by atoms with van der Waals surface area (Å²) in [5, 5.41) is 28.3. The molecule has 0 saturated heterocycles. The van der Waals surface area contributed by atoms with Gasteiger partial charge < -0.3 is 15.1 Å². The lowest BCUT2D eigenvalue weighted by Gasteiger charge is -2.19. The van der Waals surface area contributed by atoms with Crippen LogP contribution in [0.3, 0.4) is 0 Å². The van der Waals surface area contributed by atoms with Gasteiger partial charge in [-0.3, -0.25) is 4.79 Å². The van der Waals surface area contributed by atoms with E-state index in [-0.39, 0.29) is 38.6 Å². The summed E-state index contributed by atoms with van der Waals surface area (Å²) in [6, 6.07) is 0.